The smallest absolute Gasteiger partial charge is 0.0584 e. The van der Waals surface area contributed by atoms with Gasteiger partial charge in [0.25, 0.3) is 0 Å². The van der Waals surface area contributed by atoms with Crippen LogP contribution >= 0.6 is 0 Å². The maximum absolute atomic E-state index is 8.92. The molecule has 1 saturated heterocycles. The van der Waals surface area contributed by atoms with E-state index in [0.29, 0.717) is 12.5 Å². The first-order valence-corrected chi connectivity index (χ1v) is 4.73. The summed E-state index contributed by atoms with van der Waals surface area (Å²) in [4.78, 5) is 2.28. The van der Waals surface area contributed by atoms with E-state index in [1.54, 1.807) is 0 Å². The molecule has 0 spiro atoms. The molecule has 1 rings (SSSR count). The van der Waals surface area contributed by atoms with Gasteiger partial charge in [0.1, 0.15) is 0 Å². The Morgan fingerprint density at radius 1 is 1.33 bits per heavy atom. The van der Waals surface area contributed by atoms with E-state index < -0.39 is 0 Å². The van der Waals surface area contributed by atoms with Gasteiger partial charge in [-0.3, -0.25) is 4.90 Å². The summed E-state index contributed by atoms with van der Waals surface area (Å²) in [7, 11) is 0. The highest BCUT2D eigenvalue weighted by molar-refractivity contribution is 4.75. The molecule has 0 radical (unpaired) electrons. The summed E-state index contributed by atoms with van der Waals surface area (Å²) in [6.07, 6.45) is 2.14. The fraction of sp³-hybridized carbons (Fsp3) is 1.00. The first-order chi connectivity index (χ1) is 5.77. The van der Waals surface area contributed by atoms with Gasteiger partial charge in [-0.1, -0.05) is 0 Å². The molecular formula is C9H19NO2. The first kappa shape index (κ1) is 9.96. The van der Waals surface area contributed by atoms with Gasteiger partial charge < -0.3 is 10.2 Å². The van der Waals surface area contributed by atoms with Crippen molar-refractivity contribution in [3.63, 3.8) is 0 Å². The molecule has 1 aliphatic heterocycles. The molecule has 0 amide bonds. The summed E-state index contributed by atoms with van der Waals surface area (Å²) >= 11 is 0. The minimum Gasteiger partial charge on any atom is -0.396 e. The Morgan fingerprint density at radius 3 is 2.33 bits per heavy atom. The minimum atomic E-state index is 0.240. The molecule has 72 valence electrons. The number of aliphatic hydroxyl groups is 2. The zero-order valence-corrected chi connectivity index (χ0v) is 7.74. The third kappa shape index (κ3) is 2.44. The quantitative estimate of drug-likeness (QED) is 0.635. The number of aliphatic hydroxyl groups excluding tert-OH is 2. The molecule has 0 aromatic heterocycles. The van der Waals surface area contributed by atoms with E-state index in [-0.39, 0.29) is 12.6 Å². The van der Waals surface area contributed by atoms with Crippen molar-refractivity contribution < 1.29 is 10.2 Å². The number of piperidine rings is 1. The Balaban J connectivity index is 2.25. The molecular weight excluding hydrogens is 154 g/mol. The second kappa shape index (κ2) is 4.80. The van der Waals surface area contributed by atoms with Crippen LogP contribution in [0.5, 0.6) is 0 Å². The van der Waals surface area contributed by atoms with Crippen LogP contribution in [0.4, 0.5) is 0 Å². The van der Waals surface area contributed by atoms with Crippen LogP contribution in [-0.4, -0.2) is 47.5 Å². The minimum absolute atomic E-state index is 0.240. The molecule has 2 N–H and O–H groups in total. The summed E-state index contributed by atoms with van der Waals surface area (Å²) < 4.78 is 0. The average molecular weight is 173 g/mol. The van der Waals surface area contributed by atoms with Crippen LogP contribution in [0.25, 0.3) is 0 Å². The fourth-order valence-corrected chi connectivity index (χ4v) is 1.69. The van der Waals surface area contributed by atoms with Crippen LogP contribution in [0.15, 0.2) is 0 Å². The van der Waals surface area contributed by atoms with Gasteiger partial charge in [0.15, 0.2) is 0 Å². The van der Waals surface area contributed by atoms with Crippen LogP contribution < -0.4 is 0 Å². The van der Waals surface area contributed by atoms with Crippen LogP contribution in [0.2, 0.25) is 0 Å². The second-order valence-electron chi connectivity index (χ2n) is 3.69. The lowest BCUT2D eigenvalue weighted by molar-refractivity contribution is 0.0780. The average Bonchev–Trinajstić information content (AvgIpc) is 2.17. The third-order valence-corrected chi connectivity index (χ3v) is 2.79. The SMILES string of the molecule is CC(CO)N1CCC(CO)CC1. The van der Waals surface area contributed by atoms with E-state index in [1.165, 1.54) is 0 Å². The van der Waals surface area contributed by atoms with Crippen molar-refractivity contribution >= 4 is 0 Å². The predicted molar refractivity (Wildman–Crippen MR) is 47.9 cm³/mol. The van der Waals surface area contributed by atoms with Gasteiger partial charge in [0.05, 0.1) is 6.61 Å². The van der Waals surface area contributed by atoms with Crippen LogP contribution in [0.1, 0.15) is 19.8 Å². The van der Waals surface area contributed by atoms with Gasteiger partial charge in [0, 0.05) is 12.6 Å². The summed E-state index contributed by atoms with van der Waals surface area (Å²) in [5.74, 6) is 0.493. The van der Waals surface area contributed by atoms with Crippen LogP contribution in [0.3, 0.4) is 0 Å². The molecule has 1 aliphatic rings. The highest BCUT2D eigenvalue weighted by Gasteiger charge is 2.21. The van der Waals surface area contributed by atoms with Gasteiger partial charge in [-0.05, 0) is 38.8 Å². The number of likely N-dealkylation sites (tertiary alicyclic amines) is 1. The van der Waals surface area contributed by atoms with E-state index in [2.05, 4.69) is 4.90 Å². The lowest BCUT2D eigenvalue weighted by atomic mass is 9.97. The molecule has 0 aromatic rings. The zero-order chi connectivity index (χ0) is 8.97. The predicted octanol–water partition coefficient (Wildman–Crippen LogP) is 0.0715. The Hall–Kier alpha value is -0.120. The summed E-state index contributed by atoms with van der Waals surface area (Å²) in [6, 6.07) is 0.282. The van der Waals surface area contributed by atoms with Crippen molar-refractivity contribution in [3.05, 3.63) is 0 Å². The maximum Gasteiger partial charge on any atom is 0.0584 e. The van der Waals surface area contributed by atoms with Gasteiger partial charge >= 0.3 is 0 Å². The molecule has 1 fully saturated rings. The number of rotatable bonds is 3. The molecule has 0 aromatic carbocycles. The Labute approximate surface area is 74.0 Å². The second-order valence-corrected chi connectivity index (χ2v) is 3.69. The molecule has 1 atom stereocenters. The molecule has 0 bridgehead atoms. The number of hydrogen-bond acceptors (Lipinski definition) is 3. The van der Waals surface area contributed by atoms with E-state index in [9.17, 15) is 0 Å². The Morgan fingerprint density at radius 2 is 1.92 bits per heavy atom. The Bertz CT molecular complexity index is 122. The number of hydrogen-bond donors (Lipinski definition) is 2. The lowest BCUT2D eigenvalue weighted by Gasteiger charge is -2.34. The summed E-state index contributed by atoms with van der Waals surface area (Å²) in [5.41, 5.74) is 0. The van der Waals surface area contributed by atoms with E-state index in [1.807, 2.05) is 6.92 Å². The highest BCUT2D eigenvalue weighted by atomic mass is 16.3. The van der Waals surface area contributed by atoms with E-state index in [4.69, 9.17) is 10.2 Å². The van der Waals surface area contributed by atoms with Crippen LogP contribution in [-0.2, 0) is 0 Å². The van der Waals surface area contributed by atoms with E-state index >= 15 is 0 Å². The van der Waals surface area contributed by atoms with Gasteiger partial charge in [-0.2, -0.15) is 0 Å². The topological polar surface area (TPSA) is 43.7 Å². The number of nitrogens with zero attached hydrogens (tertiary/aromatic N) is 1. The van der Waals surface area contributed by atoms with Gasteiger partial charge in [-0.15, -0.1) is 0 Å². The van der Waals surface area contributed by atoms with Gasteiger partial charge in [0.2, 0.25) is 0 Å². The van der Waals surface area contributed by atoms with Crippen molar-refractivity contribution in [3.8, 4) is 0 Å². The van der Waals surface area contributed by atoms with Crippen LogP contribution in [0, 0.1) is 5.92 Å². The van der Waals surface area contributed by atoms with E-state index in [0.717, 1.165) is 25.9 Å². The largest absolute Gasteiger partial charge is 0.396 e. The molecule has 0 saturated carbocycles. The zero-order valence-electron chi connectivity index (χ0n) is 7.74. The maximum atomic E-state index is 8.92. The summed E-state index contributed by atoms with van der Waals surface area (Å²) in [6.45, 7) is 4.64. The molecule has 3 nitrogen and oxygen atoms in total. The highest BCUT2D eigenvalue weighted by Crippen LogP contribution is 2.17. The first-order valence-electron chi connectivity index (χ1n) is 4.73. The summed E-state index contributed by atoms with van der Waals surface area (Å²) in [5, 5.41) is 17.8. The Kier molecular flexibility index (Phi) is 3.98. The normalized spacial score (nSPS) is 24.2. The fourth-order valence-electron chi connectivity index (χ4n) is 1.69. The van der Waals surface area contributed by atoms with Crippen molar-refractivity contribution in [1.29, 1.82) is 0 Å². The molecule has 1 heterocycles. The van der Waals surface area contributed by atoms with Gasteiger partial charge in [-0.25, -0.2) is 0 Å². The monoisotopic (exact) mass is 173 g/mol. The molecule has 0 aliphatic carbocycles. The standard InChI is InChI=1S/C9H19NO2/c1-8(6-11)10-4-2-9(7-12)3-5-10/h8-9,11-12H,2-7H2,1H3. The molecule has 1 unspecified atom stereocenters. The van der Waals surface area contributed by atoms with Crippen molar-refractivity contribution in [1.82, 2.24) is 4.90 Å². The third-order valence-electron chi connectivity index (χ3n) is 2.79. The van der Waals surface area contributed by atoms with Crippen molar-refractivity contribution in [2.24, 2.45) is 5.92 Å². The van der Waals surface area contributed by atoms with Crippen molar-refractivity contribution in [2.45, 2.75) is 25.8 Å². The van der Waals surface area contributed by atoms with Crippen molar-refractivity contribution in [2.75, 3.05) is 26.3 Å². The molecule has 12 heavy (non-hydrogen) atoms. The molecule has 3 heteroatoms. The lowest BCUT2D eigenvalue weighted by Crippen LogP contribution is -2.42.